The van der Waals surface area contributed by atoms with Gasteiger partial charge in [0.1, 0.15) is 5.54 Å². The van der Waals surface area contributed by atoms with Crippen molar-refractivity contribution in [3.63, 3.8) is 0 Å². The van der Waals surface area contributed by atoms with Gasteiger partial charge in [0.05, 0.1) is 6.10 Å². The summed E-state index contributed by atoms with van der Waals surface area (Å²) in [6.07, 6.45) is 7.21. The number of rotatable bonds is 6. The largest absolute Gasteiger partial charge is 0.480 e. The first-order valence-electron chi connectivity index (χ1n) is 6.70. The lowest BCUT2D eigenvalue weighted by atomic mass is 9.80. The highest BCUT2D eigenvalue weighted by molar-refractivity contribution is 5.79. The molecule has 0 radical (unpaired) electrons. The normalized spacial score (nSPS) is 33.6. The zero-order chi connectivity index (χ0) is 12.3. The van der Waals surface area contributed by atoms with E-state index in [1.54, 1.807) is 7.05 Å². The molecule has 0 saturated heterocycles. The van der Waals surface area contributed by atoms with E-state index in [2.05, 4.69) is 5.32 Å². The maximum absolute atomic E-state index is 11.3. The van der Waals surface area contributed by atoms with Gasteiger partial charge in [-0.1, -0.05) is 12.8 Å². The zero-order valence-electron chi connectivity index (χ0n) is 10.6. The van der Waals surface area contributed by atoms with Crippen molar-refractivity contribution in [2.75, 3.05) is 13.7 Å². The molecule has 0 heterocycles. The van der Waals surface area contributed by atoms with Crippen molar-refractivity contribution in [1.29, 1.82) is 0 Å². The van der Waals surface area contributed by atoms with E-state index in [1.807, 2.05) is 0 Å². The van der Waals surface area contributed by atoms with E-state index in [0.29, 0.717) is 12.8 Å². The van der Waals surface area contributed by atoms with Crippen LogP contribution in [0, 0.1) is 5.92 Å². The smallest absolute Gasteiger partial charge is 0.323 e. The molecule has 0 aromatic rings. The minimum atomic E-state index is -0.761. The van der Waals surface area contributed by atoms with Gasteiger partial charge in [0, 0.05) is 13.0 Å². The summed E-state index contributed by atoms with van der Waals surface area (Å²) in [7, 11) is 1.74. The first-order chi connectivity index (χ1) is 8.16. The second-order valence-corrected chi connectivity index (χ2v) is 5.46. The number of hydrogen-bond donors (Lipinski definition) is 2. The molecule has 4 nitrogen and oxygen atoms in total. The Morgan fingerprint density at radius 3 is 2.82 bits per heavy atom. The maximum atomic E-state index is 11.3. The molecule has 0 aromatic carbocycles. The van der Waals surface area contributed by atoms with Crippen LogP contribution in [0.3, 0.4) is 0 Å². The molecular formula is C13H23NO3. The molecule has 2 fully saturated rings. The summed E-state index contributed by atoms with van der Waals surface area (Å²) in [6, 6.07) is 0. The fraction of sp³-hybridized carbons (Fsp3) is 0.923. The van der Waals surface area contributed by atoms with Crippen LogP contribution in [0.25, 0.3) is 0 Å². The van der Waals surface area contributed by atoms with Gasteiger partial charge >= 0.3 is 5.97 Å². The van der Waals surface area contributed by atoms with Gasteiger partial charge in [0.2, 0.25) is 0 Å². The molecule has 2 unspecified atom stereocenters. The first kappa shape index (κ1) is 12.8. The molecule has 2 aliphatic carbocycles. The summed E-state index contributed by atoms with van der Waals surface area (Å²) < 4.78 is 5.84. The predicted octanol–water partition coefficient (Wildman–Crippen LogP) is 1.79. The SMILES string of the molecule is CNC1(C(=O)O)CCCC(OCCC2CC2)C1. The number of nitrogens with one attached hydrogen (secondary N) is 1. The Morgan fingerprint density at radius 1 is 1.47 bits per heavy atom. The lowest BCUT2D eigenvalue weighted by Crippen LogP contribution is -2.54. The summed E-state index contributed by atoms with van der Waals surface area (Å²) in [5.41, 5.74) is -0.761. The summed E-state index contributed by atoms with van der Waals surface area (Å²) in [6.45, 7) is 0.800. The lowest BCUT2D eigenvalue weighted by molar-refractivity contribution is -0.148. The van der Waals surface area contributed by atoms with Crippen molar-refractivity contribution < 1.29 is 14.6 Å². The molecular weight excluding hydrogens is 218 g/mol. The number of carboxylic acid groups (broad SMARTS) is 1. The van der Waals surface area contributed by atoms with Crippen molar-refractivity contribution >= 4 is 5.97 Å². The number of likely N-dealkylation sites (N-methyl/N-ethyl adjacent to an activating group) is 1. The van der Waals surface area contributed by atoms with E-state index in [4.69, 9.17) is 4.74 Å². The second-order valence-electron chi connectivity index (χ2n) is 5.46. The zero-order valence-corrected chi connectivity index (χ0v) is 10.6. The molecule has 0 amide bonds. The number of aliphatic carboxylic acids is 1. The Labute approximate surface area is 103 Å². The molecule has 0 aliphatic heterocycles. The van der Waals surface area contributed by atoms with E-state index < -0.39 is 11.5 Å². The van der Waals surface area contributed by atoms with E-state index >= 15 is 0 Å². The van der Waals surface area contributed by atoms with Crippen LogP contribution in [0.4, 0.5) is 0 Å². The molecule has 2 atom stereocenters. The van der Waals surface area contributed by atoms with Crippen LogP contribution in [0.2, 0.25) is 0 Å². The van der Waals surface area contributed by atoms with Gasteiger partial charge in [-0.3, -0.25) is 4.79 Å². The van der Waals surface area contributed by atoms with E-state index in [1.165, 1.54) is 12.8 Å². The third kappa shape index (κ3) is 3.19. The van der Waals surface area contributed by atoms with Crippen LogP contribution in [0.5, 0.6) is 0 Å². The fourth-order valence-electron chi connectivity index (χ4n) is 2.70. The van der Waals surface area contributed by atoms with Gasteiger partial charge in [-0.05, 0) is 38.6 Å². The average Bonchev–Trinajstić information content (AvgIpc) is 3.13. The van der Waals surface area contributed by atoms with Gasteiger partial charge in [-0.25, -0.2) is 0 Å². The standard InChI is InChI=1S/C13H23NO3/c1-14-13(12(15)16)7-2-3-11(9-13)17-8-6-10-4-5-10/h10-11,14H,2-9H2,1H3,(H,15,16). The number of carbonyl (C=O) groups is 1. The van der Waals surface area contributed by atoms with Gasteiger partial charge in [-0.2, -0.15) is 0 Å². The van der Waals surface area contributed by atoms with Crippen LogP contribution in [0.15, 0.2) is 0 Å². The van der Waals surface area contributed by atoms with Gasteiger partial charge < -0.3 is 15.2 Å². The number of ether oxygens (including phenoxy) is 1. The molecule has 0 bridgehead atoms. The van der Waals surface area contributed by atoms with E-state index in [0.717, 1.165) is 31.8 Å². The Balaban J connectivity index is 1.80. The van der Waals surface area contributed by atoms with Crippen molar-refractivity contribution in [2.45, 2.75) is 56.6 Å². The molecule has 2 N–H and O–H groups in total. The molecule has 2 rings (SSSR count). The Morgan fingerprint density at radius 2 is 2.24 bits per heavy atom. The number of carboxylic acids is 1. The first-order valence-corrected chi connectivity index (χ1v) is 6.70. The van der Waals surface area contributed by atoms with Crippen molar-refractivity contribution in [2.24, 2.45) is 5.92 Å². The van der Waals surface area contributed by atoms with Gasteiger partial charge in [0.25, 0.3) is 0 Å². The van der Waals surface area contributed by atoms with E-state index in [9.17, 15) is 9.90 Å². The minimum Gasteiger partial charge on any atom is -0.480 e. The molecule has 4 heteroatoms. The van der Waals surface area contributed by atoms with Crippen LogP contribution in [-0.4, -0.2) is 36.4 Å². The molecule has 2 aliphatic rings. The maximum Gasteiger partial charge on any atom is 0.323 e. The highest BCUT2D eigenvalue weighted by Gasteiger charge is 2.42. The van der Waals surface area contributed by atoms with E-state index in [-0.39, 0.29) is 6.10 Å². The highest BCUT2D eigenvalue weighted by atomic mass is 16.5. The van der Waals surface area contributed by atoms with Crippen molar-refractivity contribution in [3.8, 4) is 0 Å². The minimum absolute atomic E-state index is 0.117. The Hall–Kier alpha value is -0.610. The second kappa shape index (κ2) is 5.36. The topological polar surface area (TPSA) is 58.6 Å². The summed E-state index contributed by atoms with van der Waals surface area (Å²) >= 11 is 0. The monoisotopic (exact) mass is 241 g/mol. The third-order valence-electron chi connectivity index (χ3n) is 4.17. The molecule has 0 aromatic heterocycles. The Bertz CT molecular complexity index is 278. The number of hydrogen-bond acceptors (Lipinski definition) is 3. The van der Waals surface area contributed by atoms with Crippen LogP contribution in [0.1, 0.15) is 44.9 Å². The van der Waals surface area contributed by atoms with Gasteiger partial charge in [0.15, 0.2) is 0 Å². The van der Waals surface area contributed by atoms with Crippen LogP contribution in [-0.2, 0) is 9.53 Å². The van der Waals surface area contributed by atoms with Crippen molar-refractivity contribution in [3.05, 3.63) is 0 Å². The fourth-order valence-corrected chi connectivity index (χ4v) is 2.70. The van der Waals surface area contributed by atoms with Gasteiger partial charge in [-0.15, -0.1) is 0 Å². The molecule has 0 spiro atoms. The van der Waals surface area contributed by atoms with Crippen LogP contribution < -0.4 is 5.32 Å². The molecule has 98 valence electrons. The summed E-state index contributed by atoms with van der Waals surface area (Å²) in [5, 5.41) is 12.3. The Kier molecular flexibility index (Phi) is 4.05. The summed E-state index contributed by atoms with van der Waals surface area (Å²) in [5.74, 6) is 0.141. The third-order valence-corrected chi connectivity index (χ3v) is 4.17. The summed E-state index contributed by atoms with van der Waals surface area (Å²) in [4.78, 5) is 11.3. The quantitative estimate of drug-likeness (QED) is 0.744. The van der Waals surface area contributed by atoms with Crippen LogP contribution >= 0.6 is 0 Å². The molecule has 17 heavy (non-hydrogen) atoms. The lowest BCUT2D eigenvalue weighted by Gasteiger charge is -2.37. The highest BCUT2D eigenvalue weighted by Crippen LogP contribution is 2.34. The molecule has 2 saturated carbocycles. The van der Waals surface area contributed by atoms with Crippen molar-refractivity contribution in [1.82, 2.24) is 5.32 Å². The average molecular weight is 241 g/mol. The predicted molar refractivity (Wildman–Crippen MR) is 65.0 cm³/mol.